The number of allylic oxidation sites excluding steroid dienone is 1. The Hall–Kier alpha value is -3.06. The smallest absolute Gasteiger partial charge is 0.233 e. The molecule has 0 N–H and O–H groups in total. The molecule has 0 unspecified atom stereocenters. The highest BCUT2D eigenvalue weighted by Gasteiger charge is 2.24. The average molecular weight is 463 g/mol. The summed E-state index contributed by atoms with van der Waals surface area (Å²) in [5.41, 5.74) is 2.25. The molecule has 3 aromatic rings. The summed E-state index contributed by atoms with van der Waals surface area (Å²) < 4.78 is 7.47. The van der Waals surface area contributed by atoms with Gasteiger partial charge in [-0.2, -0.15) is 0 Å². The first-order chi connectivity index (χ1) is 16.2. The van der Waals surface area contributed by atoms with E-state index in [1.807, 2.05) is 39.8 Å². The third-order valence-electron chi connectivity index (χ3n) is 6.04. The van der Waals surface area contributed by atoms with Crippen LogP contribution in [-0.2, 0) is 17.8 Å². The van der Waals surface area contributed by atoms with E-state index in [0.29, 0.717) is 29.2 Å². The summed E-state index contributed by atoms with van der Waals surface area (Å²) in [6.07, 6.45) is 5.01. The van der Waals surface area contributed by atoms with Crippen LogP contribution in [0.15, 0.2) is 72.4 Å². The van der Waals surface area contributed by atoms with Crippen molar-refractivity contribution >= 4 is 17.7 Å². The van der Waals surface area contributed by atoms with Crippen molar-refractivity contribution in [3.05, 3.63) is 72.8 Å². The second kappa shape index (κ2) is 11.2. The highest BCUT2D eigenvalue weighted by Crippen LogP contribution is 2.31. The van der Waals surface area contributed by atoms with Crippen molar-refractivity contribution in [2.45, 2.75) is 31.0 Å². The van der Waals surface area contributed by atoms with Gasteiger partial charge in [0.1, 0.15) is 5.75 Å². The van der Waals surface area contributed by atoms with Crippen LogP contribution in [-0.4, -0.2) is 51.5 Å². The Morgan fingerprint density at radius 1 is 1.12 bits per heavy atom. The second-order valence-electron chi connectivity index (χ2n) is 8.21. The number of hydrogen-bond acceptors (Lipinski definition) is 5. The molecule has 4 rings (SSSR count). The van der Waals surface area contributed by atoms with E-state index in [-0.39, 0.29) is 5.91 Å². The van der Waals surface area contributed by atoms with Crippen molar-refractivity contribution in [1.82, 2.24) is 19.7 Å². The highest BCUT2D eigenvalue weighted by atomic mass is 32.2. The van der Waals surface area contributed by atoms with Crippen LogP contribution < -0.4 is 4.74 Å². The molecule has 0 radical (unpaired) electrons. The summed E-state index contributed by atoms with van der Waals surface area (Å²) >= 11 is 1.43. The summed E-state index contributed by atoms with van der Waals surface area (Å²) in [6, 6.07) is 18.3. The summed E-state index contributed by atoms with van der Waals surface area (Å²) in [7, 11) is 1.64. The topological polar surface area (TPSA) is 60.2 Å². The number of amides is 1. The number of piperidine rings is 1. The van der Waals surface area contributed by atoms with Gasteiger partial charge in [0.15, 0.2) is 11.0 Å². The first-order valence-electron chi connectivity index (χ1n) is 11.3. The lowest BCUT2D eigenvalue weighted by Crippen LogP contribution is -2.39. The van der Waals surface area contributed by atoms with Crippen LogP contribution in [0.25, 0.3) is 11.4 Å². The number of carbonyl (C=O) groups is 1. The summed E-state index contributed by atoms with van der Waals surface area (Å²) in [5, 5.41) is 9.47. The van der Waals surface area contributed by atoms with E-state index in [1.165, 1.54) is 17.3 Å². The van der Waals surface area contributed by atoms with Crippen molar-refractivity contribution in [2.24, 2.45) is 5.92 Å². The molecule has 1 fully saturated rings. The maximum absolute atomic E-state index is 12.9. The molecule has 7 heteroatoms. The number of ether oxygens (including phenoxy) is 1. The summed E-state index contributed by atoms with van der Waals surface area (Å²) in [6.45, 7) is 6.07. The summed E-state index contributed by atoms with van der Waals surface area (Å²) in [4.78, 5) is 14.9. The predicted octanol–water partition coefficient (Wildman–Crippen LogP) is 4.71. The van der Waals surface area contributed by atoms with E-state index in [2.05, 4.69) is 47.1 Å². The van der Waals surface area contributed by atoms with Gasteiger partial charge in [-0.25, -0.2) is 0 Å². The molecule has 1 amide bonds. The van der Waals surface area contributed by atoms with Gasteiger partial charge in [0.25, 0.3) is 0 Å². The van der Waals surface area contributed by atoms with Crippen LogP contribution in [0.3, 0.4) is 0 Å². The van der Waals surface area contributed by atoms with Gasteiger partial charge in [0, 0.05) is 19.6 Å². The van der Waals surface area contributed by atoms with Gasteiger partial charge in [-0.1, -0.05) is 60.3 Å². The fraction of sp³-hybridized carbons (Fsp3) is 0.346. The number of benzene rings is 2. The van der Waals surface area contributed by atoms with E-state index in [4.69, 9.17) is 4.74 Å². The van der Waals surface area contributed by atoms with Crippen LogP contribution in [0, 0.1) is 5.92 Å². The lowest BCUT2D eigenvalue weighted by Gasteiger charge is -2.32. The zero-order valence-electron chi connectivity index (χ0n) is 19.0. The van der Waals surface area contributed by atoms with E-state index >= 15 is 0 Å². The third kappa shape index (κ3) is 5.66. The average Bonchev–Trinajstić information content (AvgIpc) is 3.26. The Morgan fingerprint density at radius 2 is 1.85 bits per heavy atom. The second-order valence-corrected chi connectivity index (χ2v) is 9.15. The van der Waals surface area contributed by atoms with Gasteiger partial charge < -0.3 is 9.64 Å². The monoisotopic (exact) mass is 462 g/mol. The Kier molecular flexibility index (Phi) is 7.83. The standard InChI is InChI=1S/C26H30N4O2S/c1-3-15-30-25(22-11-7-8-12-23(22)32-2)27-28-26(30)33-19-24(31)29-16-13-21(14-17-29)18-20-9-5-4-6-10-20/h3-12,21H,1,13-19H2,2H3. The van der Waals surface area contributed by atoms with E-state index in [9.17, 15) is 4.79 Å². The zero-order valence-corrected chi connectivity index (χ0v) is 19.8. The Morgan fingerprint density at radius 3 is 2.58 bits per heavy atom. The molecule has 2 heterocycles. The third-order valence-corrected chi connectivity index (χ3v) is 6.99. The van der Waals surface area contributed by atoms with Gasteiger partial charge in [-0.3, -0.25) is 9.36 Å². The number of carbonyl (C=O) groups excluding carboxylic acids is 1. The lowest BCUT2D eigenvalue weighted by atomic mass is 9.90. The molecule has 0 bridgehead atoms. The number of rotatable bonds is 9. The minimum absolute atomic E-state index is 0.158. The van der Waals surface area contributed by atoms with Gasteiger partial charge in [0.2, 0.25) is 5.91 Å². The molecular weight excluding hydrogens is 432 g/mol. The number of hydrogen-bond donors (Lipinski definition) is 0. The number of para-hydroxylation sites is 1. The quantitative estimate of drug-likeness (QED) is 0.340. The molecule has 0 aliphatic carbocycles. The molecule has 172 valence electrons. The number of nitrogens with zero attached hydrogens (tertiary/aromatic N) is 4. The minimum atomic E-state index is 0.158. The largest absolute Gasteiger partial charge is 0.496 e. The number of aromatic nitrogens is 3. The fourth-order valence-electron chi connectivity index (χ4n) is 4.27. The Balaban J connectivity index is 1.36. The minimum Gasteiger partial charge on any atom is -0.496 e. The van der Waals surface area contributed by atoms with Crippen LogP contribution >= 0.6 is 11.8 Å². The van der Waals surface area contributed by atoms with Crippen LogP contribution in [0.4, 0.5) is 0 Å². The van der Waals surface area contributed by atoms with Gasteiger partial charge in [0.05, 0.1) is 18.4 Å². The van der Waals surface area contributed by atoms with E-state index in [1.54, 1.807) is 7.11 Å². The Bertz CT molecular complexity index is 1070. The maximum atomic E-state index is 12.9. The van der Waals surface area contributed by atoms with E-state index < -0.39 is 0 Å². The van der Waals surface area contributed by atoms with Crippen LogP contribution in [0.2, 0.25) is 0 Å². The molecule has 1 aliphatic rings. The van der Waals surface area contributed by atoms with Gasteiger partial charge in [-0.05, 0) is 42.9 Å². The normalized spacial score (nSPS) is 14.3. The van der Waals surface area contributed by atoms with Gasteiger partial charge in [-0.15, -0.1) is 16.8 Å². The van der Waals surface area contributed by atoms with Crippen molar-refractivity contribution in [2.75, 3.05) is 26.0 Å². The van der Waals surface area contributed by atoms with Crippen molar-refractivity contribution < 1.29 is 9.53 Å². The van der Waals surface area contributed by atoms with Crippen LogP contribution in [0.1, 0.15) is 18.4 Å². The van der Waals surface area contributed by atoms with Crippen molar-refractivity contribution in [3.63, 3.8) is 0 Å². The van der Waals surface area contributed by atoms with Crippen molar-refractivity contribution in [1.29, 1.82) is 0 Å². The molecule has 2 aromatic carbocycles. The number of likely N-dealkylation sites (tertiary alicyclic amines) is 1. The van der Waals surface area contributed by atoms with Gasteiger partial charge >= 0.3 is 0 Å². The molecule has 1 aliphatic heterocycles. The molecule has 33 heavy (non-hydrogen) atoms. The number of thioether (sulfide) groups is 1. The Labute approximate surface area is 199 Å². The molecule has 1 aromatic heterocycles. The maximum Gasteiger partial charge on any atom is 0.233 e. The zero-order chi connectivity index (χ0) is 23.0. The summed E-state index contributed by atoms with van der Waals surface area (Å²) in [5.74, 6) is 2.60. The molecular formula is C26H30N4O2S. The first kappa shape index (κ1) is 23.1. The fourth-order valence-corrected chi connectivity index (χ4v) is 5.12. The SMILES string of the molecule is C=CCn1c(SCC(=O)N2CCC(Cc3ccccc3)CC2)nnc1-c1ccccc1OC. The predicted molar refractivity (Wildman–Crippen MR) is 132 cm³/mol. The number of methoxy groups -OCH3 is 1. The highest BCUT2D eigenvalue weighted by molar-refractivity contribution is 7.99. The molecule has 0 spiro atoms. The van der Waals surface area contributed by atoms with Crippen molar-refractivity contribution in [3.8, 4) is 17.1 Å². The van der Waals surface area contributed by atoms with Crippen LogP contribution in [0.5, 0.6) is 5.75 Å². The molecule has 0 atom stereocenters. The molecule has 0 saturated carbocycles. The molecule has 6 nitrogen and oxygen atoms in total. The van der Waals surface area contributed by atoms with E-state index in [0.717, 1.165) is 43.7 Å². The lowest BCUT2D eigenvalue weighted by molar-refractivity contribution is -0.129. The first-order valence-corrected chi connectivity index (χ1v) is 12.3. The molecule has 1 saturated heterocycles.